The standard InChI is InChI=1S/C24H41N7O3/c1-16-4-5-20-19(14-30-22(20)12-16)13-17(2)31-24(34)21(6-8-26-9-7-25)27-10-11-28-23(33)15-29-18(3)32/h4-5,12,17,19,21,26-27,30H,6-11,13-15,25H2,1-3H3,(H,28,33)(H,29,32)(H,31,34)/t17-,19?,21-/m0/s1. The van der Waals surface area contributed by atoms with Gasteiger partial charge in [0.2, 0.25) is 17.7 Å². The summed E-state index contributed by atoms with van der Waals surface area (Å²) in [5.74, 6) is -0.211. The molecule has 1 aliphatic heterocycles. The Labute approximate surface area is 202 Å². The Balaban J connectivity index is 1.82. The van der Waals surface area contributed by atoms with E-state index in [-0.39, 0.29) is 30.3 Å². The van der Waals surface area contributed by atoms with Crippen molar-refractivity contribution in [3.8, 4) is 0 Å². The van der Waals surface area contributed by atoms with Gasteiger partial charge >= 0.3 is 0 Å². The third kappa shape index (κ3) is 9.66. The molecule has 3 atom stereocenters. The Kier molecular flexibility index (Phi) is 11.8. The van der Waals surface area contributed by atoms with E-state index in [1.165, 1.54) is 23.7 Å². The van der Waals surface area contributed by atoms with Crippen molar-refractivity contribution in [1.29, 1.82) is 0 Å². The highest BCUT2D eigenvalue weighted by Crippen LogP contribution is 2.34. The smallest absolute Gasteiger partial charge is 0.239 e. The summed E-state index contributed by atoms with van der Waals surface area (Å²) in [4.78, 5) is 35.6. The van der Waals surface area contributed by atoms with Gasteiger partial charge in [0.1, 0.15) is 0 Å². The fraction of sp³-hybridized carbons (Fsp3) is 0.625. The fourth-order valence-corrected chi connectivity index (χ4v) is 4.08. The highest BCUT2D eigenvalue weighted by Gasteiger charge is 2.26. The van der Waals surface area contributed by atoms with Gasteiger partial charge in [0.15, 0.2) is 0 Å². The maximum Gasteiger partial charge on any atom is 0.239 e. The van der Waals surface area contributed by atoms with Crippen LogP contribution in [0.4, 0.5) is 5.69 Å². The second kappa shape index (κ2) is 14.5. The minimum atomic E-state index is -0.392. The lowest BCUT2D eigenvalue weighted by atomic mass is 9.93. The van der Waals surface area contributed by atoms with E-state index in [1.807, 2.05) is 6.92 Å². The Morgan fingerprint density at radius 1 is 1.15 bits per heavy atom. The summed E-state index contributed by atoms with van der Waals surface area (Å²) in [6.07, 6.45) is 1.46. The van der Waals surface area contributed by atoms with Gasteiger partial charge in [-0.3, -0.25) is 14.4 Å². The number of anilines is 1. The number of nitrogens with two attached hydrogens (primary N) is 1. The van der Waals surface area contributed by atoms with Gasteiger partial charge in [0, 0.05) is 57.3 Å². The van der Waals surface area contributed by atoms with E-state index < -0.39 is 6.04 Å². The topological polar surface area (TPSA) is 149 Å². The highest BCUT2D eigenvalue weighted by molar-refractivity contribution is 5.83. The molecule has 1 aromatic rings. The van der Waals surface area contributed by atoms with Crippen LogP contribution < -0.4 is 37.6 Å². The number of fused-ring (bicyclic) bond motifs is 1. The molecule has 190 valence electrons. The normalized spacial score (nSPS) is 16.2. The summed E-state index contributed by atoms with van der Waals surface area (Å²) in [6.45, 7) is 8.99. The van der Waals surface area contributed by atoms with Crippen LogP contribution in [-0.4, -0.2) is 75.6 Å². The van der Waals surface area contributed by atoms with E-state index in [9.17, 15) is 14.4 Å². The van der Waals surface area contributed by atoms with Crippen molar-refractivity contribution in [2.24, 2.45) is 5.73 Å². The molecule has 10 heteroatoms. The van der Waals surface area contributed by atoms with Crippen LogP contribution in [0.1, 0.15) is 43.7 Å². The van der Waals surface area contributed by atoms with Crippen LogP contribution >= 0.6 is 0 Å². The Morgan fingerprint density at radius 3 is 2.68 bits per heavy atom. The molecule has 0 saturated carbocycles. The number of carbonyl (C=O) groups is 3. The quantitative estimate of drug-likeness (QED) is 0.170. The van der Waals surface area contributed by atoms with Crippen molar-refractivity contribution in [2.45, 2.75) is 51.6 Å². The van der Waals surface area contributed by atoms with Gasteiger partial charge in [0.05, 0.1) is 12.6 Å². The van der Waals surface area contributed by atoms with Gasteiger partial charge in [-0.05, 0) is 50.4 Å². The van der Waals surface area contributed by atoms with Gasteiger partial charge in [-0.15, -0.1) is 0 Å². The first-order valence-corrected chi connectivity index (χ1v) is 12.1. The van der Waals surface area contributed by atoms with Crippen molar-refractivity contribution in [1.82, 2.24) is 26.6 Å². The number of rotatable bonds is 15. The van der Waals surface area contributed by atoms with Crippen molar-refractivity contribution >= 4 is 23.4 Å². The Morgan fingerprint density at radius 2 is 1.94 bits per heavy atom. The average Bonchev–Trinajstić information content (AvgIpc) is 3.17. The van der Waals surface area contributed by atoms with Crippen molar-refractivity contribution in [3.05, 3.63) is 29.3 Å². The second-order valence-electron chi connectivity index (χ2n) is 8.91. The number of hydrogen-bond acceptors (Lipinski definition) is 7. The van der Waals surface area contributed by atoms with Crippen LogP contribution in [-0.2, 0) is 14.4 Å². The number of aryl methyl sites for hydroxylation is 1. The first-order valence-electron chi connectivity index (χ1n) is 12.1. The maximum absolute atomic E-state index is 13.0. The molecule has 0 bridgehead atoms. The molecule has 0 fully saturated rings. The minimum absolute atomic E-state index is 0.0187. The Bertz CT molecular complexity index is 818. The van der Waals surface area contributed by atoms with Crippen LogP contribution in [0.25, 0.3) is 0 Å². The van der Waals surface area contributed by atoms with Gasteiger partial charge in [-0.2, -0.15) is 0 Å². The molecule has 1 aromatic carbocycles. The lowest BCUT2D eigenvalue weighted by Crippen LogP contribution is -2.50. The molecule has 0 spiro atoms. The van der Waals surface area contributed by atoms with E-state index in [4.69, 9.17) is 5.73 Å². The van der Waals surface area contributed by atoms with E-state index >= 15 is 0 Å². The summed E-state index contributed by atoms with van der Waals surface area (Å²) in [7, 11) is 0. The largest absolute Gasteiger partial charge is 0.384 e. The SMILES string of the molecule is CC(=O)NCC(=O)NCCN[C@@H](CCNCCN)C(=O)N[C@@H](C)CC1CNc2cc(C)ccc21. The lowest BCUT2D eigenvalue weighted by Gasteiger charge is -2.23. The van der Waals surface area contributed by atoms with Crippen molar-refractivity contribution < 1.29 is 14.4 Å². The van der Waals surface area contributed by atoms with Crippen LogP contribution in [0.3, 0.4) is 0 Å². The van der Waals surface area contributed by atoms with Crippen LogP contribution in [0, 0.1) is 6.92 Å². The number of benzene rings is 1. The number of nitrogens with one attached hydrogen (secondary N) is 6. The third-order valence-corrected chi connectivity index (χ3v) is 5.80. The lowest BCUT2D eigenvalue weighted by molar-refractivity contribution is -0.125. The van der Waals surface area contributed by atoms with Gasteiger partial charge in [0.25, 0.3) is 0 Å². The molecule has 1 heterocycles. The number of hydrogen-bond donors (Lipinski definition) is 7. The van der Waals surface area contributed by atoms with E-state index in [2.05, 4.69) is 57.0 Å². The predicted octanol–water partition coefficient (Wildman–Crippen LogP) is -0.452. The second-order valence-corrected chi connectivity index (χ2v) is 8.91. The molecule has 2 rings (SSSR count). The van der Waals surface area contributed by atoms with E-state index in [0.717, 1.165) is 13.0 Å². The monoisotopic (exact) mass is 475 g/mol. The van der Waals surface area contributed by atoms with Crippen molar-refractivity contribution in [3.63, 3.8) is 0 Å². The molecular weight excluding hydrogens is 434 g/mol. The molecule has 0 radical (unpaired) electrons. The van der Waals surface area contributed by atoms with Gasteiger partial charge in [-0.1, -0.05) is 12.1 Å². The maximum atomic E-state index is 13.0. The first-order chi connectivity index (χ1) is 16.3. The van der Waals surface area contributed by atoms with E-state index in [1.54, 1.807) is 0 Å². The summed E-state index contributed by atoms with van der Waals surface area (Å²) < 4.78 is 0. The molecular formula is C24H41N7O3. The number of amides is 3. The van der Waals surface area contributed by atoms with Crippen molar-refractivity contribution in [2.75, 3.05) is 51.1 Å². The molecule has 0 saturated heterocycles. The zero-order valence-corrected chi connectivity index (χ0v) is 20.6. The zero-order chi connectivity index (χ0) is 24.9. The average molecular weight is 476 g/mol. The molecule has 34 heavy (non-hydrogen) atoms. The first kappa shape index (κ1) is 27.6. The van der Waals surface area contributed by atoms with Crippen LogP contribution in [0.2, 0.25) is 0 Å². The molecule has 1 aliphatic rings. The Hall–Kier alpha value is -2.69. The van der Waals surface area contributed by atoms with Gasteiger partial charge in [-0.25, -0.2) is 0 Å². The third-order valence-electron chi connectivity index (χ3n) is 5.80. The summed E-state index contributed by atoms with van der Waals surface area (Å²) in [5.41, 5.74) is 9.26. The summed E-state index contributed by atoms with van der Waals surface area (Å²) >= 11 is 0. The molecule has 1 unspecified atom stereocenters. The van der Waals surface area contributed by atoms with Gasteiger partial charge < -0.3 is 37.6 Å². The summed E-state index contributed by atoms with van der Waals surface area (Å²) in [6, 6.07) is 6.10. The van der Waals surface area contributed by atoms with Crippen LogP contribution in [0.15, 0.2) is 18.2 Å². The molecule has 0 aliphatic carbocycles. The molecule has 8 N–H and O–H groups in total. The predicted molar refractivity (Wildman–Crippen MR) is 135 cm³/mol. The molecule has 0 aromatic heterocycles. The minimum Gasteiger partial charge on any atom is -0.384 e. The fourth-order valence-electron chi connectivity index (χ4n) is 4.08. The molecule has 10 nitrogen and oxygen atoms in total. The zero-order valence-electron chi connectivity index (χ0n) is 20.6. The molecule has 3 amide bonds. The number of carbonyl (C=O) groups excluding carboxylic acids is 3. The van der Waals surface area contributed by atoms with Crippen LogP contribution in [0.5, 0.6) is 0 Å². The highest BCUT2D eigenvalue weighted by atomic mass is 16.2. The summed E-state index contributed by atoms with van der Waals surface area (Å²) in [5, 5.41) is 18.3. The van der Waals surface area contributed by atoms with E-state index in [0.29, 0.717) is 45.1 Å².